The van der Waals surface area contributed by atoms with Gasteiger partial charge in [0.05, 0.1) is 16.4 Å². The number of hydrogen-bond acceptors (Lipinski definition) is 1. The van der Waals surface area contributed by atoms with Gasteiger partial charge in [-0.05, 0) is 161 Å². The SMILES string of the molecule is c1ccc(-c2ccc3cc(N(c4cccc(-c5ccc(-c6ccc7c(c6)c6ccccc6n7-c6ccccc6)cc5)c4)c4ccc5c(c4)C4(c6ccccc6-c6ccccc64)c4ccccc4-5)ccc3c2)cc1. The van der Waals surface area contributed by atoms with E-state index < -0.39 is 5.41 Å². The highest BCUT2D eigenvalue weighted by Crippen LogP contribution is 2.63. The Morgan fingerprint density at radius 3 is 1.44 bits per heavy atom. The van der Waals surface area contributed by atoms with Gasteiger partial charge in [0.2, 0.25) is 0 Å². The molecule has 0 atom stereocenters. The van der Waals surface area contributed by atoms with Crippen LogP contribution in [0.15, 0.2) is 279 Å². The van der Waals surface area contributed by atoms with Crippen LogP contribution in [0, 0.1) is 0 Å². The van der Waals surface area contributed by atoms with Crippen molar-refractivity contribution in [3.8, 4) is 61.3 Å². The van der Waals surface area contributed by atoms with Crippen LogP contribution >= 0.6 is 0 Å². The maximum absolute atomic E-state index is 2.49. The second kappa shape index (κ2) is 16.3. The molecule has 12 aromatic carbocycles. The number of nitrogens with zero attached hydrogens (tertiary/aromatic N) is 2. The Balaban J connectivity index is 0.861. The second-order valence-corrected chi connectivity index (χ2v) is 19.6. The quantitative estimate of drug-likeness (QED) is 0.155. The lowest BCUT2D eigenvalue weighted by Gasteiger charge is -2.32. The molecule has 0 fully saturated rings. The first-order valence-corrected chi connectivity index (χ1v) is 25.3. The average molecular weight is 927 g/mol. The van der Waals surface area contributed by atoms with Gasteiger partial charge in [-0.2, -0.15) is 0 Å². The van der Waals surface area contributed by atoms with Crippen LogP contribution in [0.1, 0.15) is 22.3 Å². The maximum atomic E-state index is 2.49. The fourth-order valence-corrected chi connectivity index (χ4v) is 12.5. The fourth-order valence-electron chi connectivity index (χ4n) is 12.5. The summed E-state index contributed by atoms with van der Waals surface area (Å²) in [5, 5.41) is 4.91. The molecule has 0 amide bonds. The summed E-state index contributed by atoms with van der Waals surface area (Å²) in [6.07, 6.45) is 0. The first kappa shape index (κ1) is 41.3. The van der Waals surface area contributed by atoms with E-state index in [0.717, 1.165) is 22.6 Å². The molecule has 0 bridgehead atoms. The van der Waals surface area contributed by atoms with Gasteiger partial charge < -0.3 is 9.47 Å². The highest BCUT2D eigenvalue weighted by molar-refractivity contribution is 6.10. The molecular formula is C71H46N2. The summed E-state index contributed by atoms with van der Waals surface area (Å²) in [6, 6.07) is 103. The number of anilines is 3. The molecule has 0 aliphatic heterocycles. The third kappa shape index (κ3) is 6.30. The lowest BCUT2D eigenvalue weighted by Crippen LogP contribution is -2.26. The monoisotopic (exact) mass is 926 g/mol. The van der Waals surface area contributed by atoms with Gasteiger partial charge in [0.25, 0.3) is 0 Å². The Kier molecular flexibility index (Phi) is 9.21. The van der Waals surface area contributed by atoms with Crippen molar-refractivity contribution >= 4 is 49.6 Å². The highest BCUT2D eigenvalue weighted by Gasteiger charge is 2.51. The number of para-hydroxylation sites is 2. The summed E-state index contributed by atoms with van der Waals surface area (Å²) in [7, 11) is 0. The van der Waals surface area contributed by atoms with Crippen molar-refractivity contribution in [1.29, 1.82) is 0 Å². The van der Waals surface area contributed by atoms with Gasteiger partial charge in [-0.1, -0.05) is 206 Å². The van der Waals surface area contributed by atoms with E-state index in [2.05, 4.69) is 289 Å². The molecule has 13 aromatic rings. The second-order valence-electron chi connectivity index (χ2n) is 19.6. The fraction of sp³-hybridized carbons (Fsp3) is 0.0141. The number of fused-ring (bicyclic) bond motifs is 14. The van der Waals surface area contributed by atoms with Crippen LogP contribution in [0.3, 0.4) is 0 Å². The van der Waals surface area contributed by atoms with E-state index in [-0.39, 0.29) is 0 Å². The molecule has 2 aliphatic rings. The van der Waals surface area contributed by atoms with E-state index in [1.54, 1.807) is 0 Å². The van der Waals surface area contributed by atoms with Crippen molar-refractivity contribution in [2.75, 3.05) is 4.90 Å². The molecule has 15 rings (SSSR count). The molecule has 0 unspecified atom stereocenters. The van der Waals surface area contributed by atoms with Gasteiger partial charge in [-0.3, -0.25) is 0 Å². The van der Waals surface area contributed by atoms with Gasteiger partial charge in [0, 0.05) is 33.5 Å². The van der Waals surface area contributed by atoms with Crippen LogP contribution in [-0.4, -0.2) is 4.57 Å². The van der Waals surface area contributed by atoms with Gasteiger partial charge in [0.1, 0.15) is 0 Å². The summed E-state index contributed by atoms with van der Waals surface area (Å²) >= 11 is 0. The zero-order valence-electron chi connectivity index (χ0n) is 40.0. The summed E-state index contributed by atoms with van der Waals surface area (Å²) in [5.41, 5.74) is 24.1. The van der Waals surface area contributed by atoms with E-state index in [0.29, 0.717) is 0 Å². The Hall–Kier alpha value is -9.50. The molecular weight excluding hydrogens is 881 g/mol. The third-order valence-electron chi connectivity index (χ3n) is 15.8. The minimum atomic E-state index is -0.453. The van der Waals surface area contributed by atoms with Crippen LogP contribution in [-0.2, 0) is 5.41 Å². The number of hydrogen-bond donors (Lipinski definition) is 0. The van der Waals surface area contributed by atoms with E-state index in [1.807, 2.05) is 0 Å². The van der Waals surface area contributed by atoms with Crippen LogP contribution in [0.4, 0.5) is 17.1 Å². The lowest BCUT2D eigenvalue weighted by atomic mass is 9.70. The normalized spacial score (nSPS) is 12.8. The topological polar surface area (TPSA) is 8.17 Å². The molecule has 2 heteroatoms. The zero-order chi connectivity index (χ0) is 48.0. The minimum Gasteiger partial charge on any atom is -0.310 e. The van der Waals surface area contributed by atoms with E-state index in [9.17, 15) is 0 Å². The largest absolute Gasteiger partial charge is 0.310 e. The smallest absolute Gasteiger partial charge is 0.0726 e. The highest BCUT2D eigenvalue weighted by atomic mass is 15.1. The van der Waals surface area contributed by atoms with Crippen LogP contribution in [0.2, 0.25) is 0 Å². The van der Waals surface area contributed by atoms with E-state index in [1.165, 1.54) is 111 Å². The maximum Gasteiger partial charge on any atom is 0.0726 e. The van der Waals surface area contributed by atoms with E-state index >= 15 is 0 Å². The summed E-state index contributed by atoms with van der Waals surface area (Å²) in [6.45, 7) is 0. The van der Waals surface area contributed by atoms with Gasteiger partial charge in [-0.15, -0.1) is 0 Å². The number of aromatic nitrogens is 1. The summed E-state index contributed by atoms with van der Waals surface area (Å²) in [5.74, 6) is 0. The third-order valence-corrected chi connectivity index (χ3v) is 15.8. The van der Waals surface area contributed by atoms with Crippen molar-refractivity contribution in [2.24, 2.45) is 0 Å². The lowest BCUT2D eigenvalue weighted by molar-refractivity contribution is 0.793. The van der Waals surface area contributed by atoms with Crippen molar-refractivity contribution in [2.45, 2.75) is 5.41 Å². The summed E-state index contributed by atoms with van der Waals surface area (Å²) in [4.78, 5) is 2.47. The first-order chi connectivity index (χ1) is 36.2. The number of rotatable bonds is 7. The molecule has 1 aromatic heterocycles. The zero-order valence-corrected chi connectivity index (χ0v) is 40.0. The van der Waals surface area contributed by atoms with Crippen LogP contribution < -0.4 is 4.90 Å². The van der Waals surface area contributed by atoms with Crippen molar-refractivity contribution in [1.82, 2.24) is 4.57 Å². The molecule has 0 saturated heterocycles. The van der Waals surface area contributed by atoms with Crippen LogP contribution in [0.5, 0.6) is 0 Å². The Bertz CT molecular complexity index is 4250. The molecule has 0 saturated carbocycles. The first-order valence-electron chi connectivity index (χ1n) is 25.3. The van der Waals surface area contributed by atoms with Gasteiger partial charge in [-0.25, -0.2) is 0 Å². The molecule has 1 heterocycles. The molecule has 340 valence electrons. The van der Waals surface area contributed by atoms with Gasteiger partial charge in [0.15, 0.2) is 0 Å². The van der Waals surface area contributed by atoms with Crippen molar-refractivity contribution in [3.05, 3.63) is 301 Å². The van der Waals surface area contributed by atoms with E-state index in [4.69, 9.17) is 0 Å². The molecule has 73 heavy (non-hydrogen) atoms. The standard InChI is InChI=1S/C71H46N2/c1-3-16-47(17-4-1)51-34-35-53-44-57(38-36-52(53)42-51)72(58-39-40-62-61-24-9-13-28-67(61)71(68(62)46-58)65-26-11-7-22-59(65)60-23-8-12-27-66(60)71)56-21-15-18-50(43-56)48-30-32-49(33-31-48)54-37-41-70-64(45-54)63-25-10-14-29-69(63)73(70)55-19-5-2-6-20-55/h1-46H. The summed E-state index contributed by atoms with van der Waals surface area (Å²) < 4.78 is 2.38. The molecule has 0 radical (unpaired) electrons. The minimum absolute atomic E-state index is 0.453. The molecule has 1 spiro atoms. The van der Waals surface area contributed by atoms with Crippen molar-refractivity contribution < 1.29 is 0 Å². The Morgan fingerprint density at radius 2 is 0.726 bits per heavy atom. The van der Waals surface area contributed by atoms with Gasteiger partial charge >= 0.3 is 0 Å². The number of benzene rings is 12. The predicted octanol–water partition coefficient (Wildman–Crippen LogP) is 18.8. The molecule has 2 nitrogen and oxygen atoms in total. The predicted molar refractivity (Wildman–Crippen MR) is 306 cm³/mol. The Morgan fingerprint density at radius 1 is 0.260 bits per heavy atom. The molecule has 0 N–H and O–H groups in total. The van der Waals surface area contributed by atoms with Crippen LogP contribution in [0.25, 0.3) is 93.9 Å². The Labute approximate surface area is 425 Å². The average Bonchev–Trinajstić information content (AvgIpc) is 4.08. The van der Waals surface area contributed by atoms with Crippen molar-refractivity contribution in [3.63, 3.8) is 0 Å². The molecule has 2 aliphatic carbocycles.